The summed E-state index contributed by atoms with van der Waals surface area (Å²) in [6.07, 6.45) is 6.20. The van der Waals surface area contributed by atoms with Crippen molar-refractivity contribution >= 4 is 17.7 Å². The summed E-state index contributed by atoms with van der Waals surface area (Å²) in [4.78, 5) is 11.4. The predicted octanol–water partition coefficient (Wildman–Crippen LogP) is 2.92. The molecule has 0 spiro atoms. The number of nitrogens with one attached hydrogen (secondary N) is 1. The maximum Gasteiger partial charge on any atom is 0.233 e. The Bertz CT molecular complexity index is 207. The molecule has 0 aromatic carbocycles. The van der Waals surface area contributed by atoms with Crippen LogP contribution in [-0.4, -0.2) is 16.0 Å². The first-order chi connectivity index (χ1) is 6.57. The van der Waals surface area contributed by atoms with E-state index in [0.29, 0.717) is 0 Å². The summed E-state index contributed by atoms with van der Waals surface area (Å²) in [5.74, 6) is 0.202. The molecule has 1 rings (SSSR count). The van der Waals surface area contributed by atoms with Gasteiger partial charge in [-0.3, -0.25) is 4.79 Å². The van der Waals surface area contributed by atoms with Gasteiger partial charge in [0.2, 0.25) is 5.91 Å². The maximum absolute atomic E-state index is 11.3. The van der Waals surface area contributed by atoms with E-state index in [1.807, 2.05) is 6.92 Å². The van der Waals surface area contributed by atoms with Gasteiger partial charge in [-0.05, 0) is 20.3 Å². The van der Waals surface area contributed by atoms with Crippen LogP contribution >= 0.6 is 11.8 Å². The molecule has 0 aromatic rings. The highest BCUT2D eigenvalue weighted by molar-refractivity contribution is 8.02. The number of rotatable bonds is 5. The van der Waals surface area contributed by atoms with Crippen molar-refractivity contribution in [2.75, 3.05) is 0 Å². The van der Waals surface area contributed by atoms with Crippen LogP contribution in [0.25, 0.3) is 0 Å². The second kappa shape index (κ2) is 5.06. The van der Waals surface area contributed by atoms with Gasteiger partial charge in [0.1, 0.15) is 0 Å². The first-order valence-electron chi connectivity index (χ1n) is 5.57. The van der Waals surface area contributed by atoms with Crippen LogP contribution in [0.1, 0.15) is 52.9 Å². The lowest BCUT2D eigenvalue weighted by Gasteiger charge is -2.22. The fraction of sp³-hybridized carbons (Fsp3) is 0.909. The highest BCUT2D eigenvalue weighted by Crippen LogP contribution is 2.36. The molecule has 0 saturated carbocycles. The number of thioether (sulfide) groups is 1. The minimum Gasteiger partial charge on any atom is -0.341 e. The molecule has 3 heteroatoms. The summed E-state index contributed by atoms with van der Waals surface area (Å²) in [7, 11) is 0. The number of carbonyl (C=O) groups is 1. The average Bonchev–Trinajstić information content (AvgIpc) is 2.36. The fourth-order valence-electron chi connectivity index (χ4n) is 1.85. The minimum absolute atomic E-state index is 0.00421. The molecule has 0 aromatic heterocycles. The Kier molecular flexibility index (Phi) is 4.30. The van der Waals surface area contributed by atoms with Crippen molar-refractivity contribution in [1.82, 2.24) is 5.32 Å². The summed E-state index contributed by atoms with van der Waals surface area (Å²) in [6.45, 7) is 6.35. The molecule has 1 heterocycles. The van der Waals surface area contributed by atoms with E-state index in [4.69, 9.17) is 0 Å². The Hall–Kier alpha value is -0.180. The molecule has 82 valence electrons. The van der Waals surface area contributed by atoms with Gasteiger partial charge in [-0.2, -0.15) is 0 Å². The maximum atomic E-state index is 11.3. The largest absolute Gasteiger partial charge is 0.341 e. The monoisotopic (exact) mass is 215 g/mol. The highest BCUT2D eigenvalue weighted by atomic mass is 32.2. The summed E-state index contributed by atoms with van der Waals surface area (Å²) < 4.78 is 0. The molecule has 1 saturated heterocycles. The molecule has 1 aliphatic heterocycles. The number of hydrogen-bond acceptors (Lipinski definition) is 2. The van der Waals surface area contributed by atoms with Gasteiger partial charge in [-0.25, -0.2) is 0 Å². The summed E-state index contributed by atoms with van der Waals surface area (Å²) in [6, 6.07) is 0. The Morgan fingerprint density at radius 3 is 2.64 bits per heavy atom. The van der Waals surface area contributed by atoms with Crippen LogP contribution in [0.4, 0.5) is 0 Å². The molecule has 0 radical (unpaired) electrons. The molecule has 1 amide bonds. The Labute approximate surface area is 91.2 Å². The molecular formula is C11H21NOS. The van der Waals surface area contributed by atoms with E-state index in [2.05, 4.69) is 19.2 Å². The molecular weight excluding hydrogens is 194 g/mol. The van der Waals surface area contributed by atoms with Crippen LogP contribution in [-0.2, 0) is 4.79 Å². The van der Waals surface area contributed by atoms with Crippen molar-refractivity contribution in [3.05, 3.63) is 0 Å². The quantitative estimate of drug-likeness (QED) is 0.714. The first-order valence-corrected chi connectivity index (χ1v) is 6.45. The normalized spacial score (nSPS) is 31.9. The van der Waals surface area contributed by atoms with E-state index in [1.54, 1.807) is 11.8 Å². The number of unbranched alkanes of at least 4 members (excludes halogenated alkanes) is 3. The van der Waals surface area contributed by atoms with Crippen molar-refractivity contribution in [2.24, 2.45) is 0 Å². The van der Waals surface area contributed by atoms with E-state index < -0.39 is 0 Å². The third-order valence-electron chi connectivity index (χ3n) is 2.70. The van der Waals surface area contributed by atoms with E-state index in [0.717, 1.165) is 6.42 Å². The third-order valence-corrected chi connectivity index (χ3v) is 4.10. The van der Waals surface area contributed by atoms with Crippen LogP contribution in [0.15, 0.2) is 0 Å². The lowest BCUT2D eigenvalue weighted by molar-refractivity contribution is -0.120. The molecule has 2 atom stereocenters. The van der Waals surface area contributed by atoms with Gasteiger partial charge in [0.05, 0.1) is 10.1 Å². The fourth-order valence-corrected chi connectivity index (χ4v) is 3.21. The summed E-state index contributed by atoms with van der Waals surface area (Å²) in [5, 5.41) is 3.21. The van der Waals surface area contributed by atoms with Crippen LogP contribution < -0.4 is 5.32 Å². The topological polar surface area (TPSA) is 29.1 Å². The van der Waals surface area contributed by atoms with Crippen molar-refractivity contribution in [3.63, 3.8) is 0 Å². The van der Waals surface area contributed by atoms with Crippen LogP contribution in [0, 0.1) is 0 Å². The summed E-state index contributed by atoms with van der Waals surface area (Å²) in [5.41, 5.74) is 0. The standard InChI is InChI=1S/C11H21NOS/c1-4-5-6-7-8-11(3)12-10(13)9(2)14-11/h9H,4-8H2,1-3H3,(H,12,13). The lowest BCUT2D eigenvalue weighted by atomic mass is 10.1. The predicted molar refractivity (Wildman–Crippen MR) is 62.4 cm³/mol. The number of amides is 1. The zero-order valence-electron chi connectivity index (χ0n) is 9.43. The van der Waals surface area contributed by atoms with Gasteiger partial charge >= 0.3 is 0 Å². The molecule has 0 bridgehead atoms. The van der Waals surface area contributed by atoms with Crippen molar-refractivity contribution in [1.29, 1.82) is 0 Å². The van der Waals surface area contributed by atoms with Crippen LogP contribution in [0.2, 0.25) is 0 Å². The lowest BCUT2D eigenvalue weighted by Crippen LogP contribution is -2.36. The molecule has 2 unspecified atom stereocenters. The molecule has 14 heavy (non-hydrogen) atoms. The zero-order chi connectivity index (χ0) is 10.6. The van der Waals surface area contributed by atoms with Gasteiger partial charge in [0.15, 0.2) is 0 Å². The smallest absolute Gasteiger partial charge is 0.233 e. The number of carbonyl (C=O) groups excluding carboxylic acids is 1. The SMILES string of the molecule is CCCCCCC1(C)NC(=O)C(C)S1. The van der Waals surface area contributed by atoms with Crippen molar-refractivity contribution < 1.29 is 4.79 Å². The van der Waals surface area contributed by atoms with E-state index in [9.17, 15) is 4.79 Å². The number of hydrogen-bond donors (Lipinski definition) is 1. The van der Waals surface area contributed by atoms with E-state index in [1.165, 1.54) is 25.7 Å². The Morgan fingerprint density at radius 1 is 1.43 bits per heavy atom. The highest BCUT2D eigenvalue weighted by Gasteiger charge is 2.38. The second-order valence-electron chi connectivity index (χ2n) is 4.29. The van der Waals surface area contributed by atoms with E-state index in [-0.39, 0.29) is 16.0 Å². The first kappa shape index (κ1) is 11.9. The van der Waals surface area contributed by atoms with Crippen LogP contribution in [0.5, 0.6) is 0 Å². The molecule has 1 aliphatic rings. The zero-order valence-corrected chi connectivity index (χ0v) is 10.2. The van der Waals surface area contributed by atoms with Gasteiger partial charge in [-0.1, -0.05) is 32.6 Å². The van der Waals surface area contributed by atoms with Gasteiger partial charge in [0, 0.05) is 0 Å². The van der Waals surface area contributed by atoms with Gasteiger partial charge < -0.3 is 5.32 Å². The van der Waals surface area contributed by atoms with Gasteiger partial charge in [-0.15, -0.1) is 11.8 Å². The molecule has 2 nitrogen and oxygen atoms in total. The van der Waals surface area contributed by atoms with E-state index >= 15 is 0 Å². The van der Waals surface area contributed by atoms with Crippen molar-refractivity contribution in [3.8, 4) is 0 Å². The van der Waals surface area contributed by atoms with Crippen LogP contribution in [0.3, 0.4) is 0 Å². The summed E-state index contributed by atoms with van der Waals surface area (Å²) >= 11 is 1.77. The third kappa shape index (κ3) is 3.19. The van der Waals surface area contributed by atoms with Gasteiger partial charge in [0.25, 0.3) is 0 Å². The molecule has 0 aliphatic carbocycles. The minimum atomic E-state index is 0.00421. The Morgan fingerprint density at radius 2 is 2.14 bits per heavy atom. The molecule has 1 fully saturated rings. The second-order valence-corrected chi connectivity index (χ2v) is 6.13. The average molecular weight is 215 g/mol. The van der Waals surface area contributed by atoms with Crippen molar-refractivity contribution in [2.45, 2.75) is 63.0 Å². The molecule has 1 N–H and O–H groups in total. The Balaban J connectivity index is 2.26.